The molecule has 4 atom stereocenters. The first kappa shape index (κ1) is 28.2. The summed E-state index contributed by atoms with van der Waals surface area (Å²) < 4.78 is 18.7. The van der Waals surface area contributed by atoms with E-state index in [-0.39, 0.29) is 36.5 Å². The van der Waals surface area contributed by atoms with Crippen LogP contribution in [0.25, 0.3) is 0 Å². The molecular formula is C34H31NO6S. The van der Waals surface area contributed by atoms with Crippen LogP contribution < -0.4 is 9.64 Å². The topological polar surface area (TPSA) is 85.3 Å². The molecule has 0 spiro atoms. The van der Waals surface area contributed by atoms with Gasteiger partial charge in [-0.1, -0.05) is 67.6 Å². The van der Waals surface area contributed by atoms with E-state index in [1.807, 2.05) is 60.7 Å². The molecule has 0 aliphatic carbocycles. The van der Waals surface area contributed by atoms with Gasteiger partial charge in [0.25, 0.3) is 11.8 Å². The summed E-state index contributed by atoms with van der Waals surface area (Å²) in [6.45, 7) is 2.08. The average molecular weight is 582 g/mol. The highest BCUT2D eigenvalue weighted by atomic mass is 32.2. The number of carbonyl (C=O) groups is 2. The molecule has 42 heavy (non-hydrogen) atoms. The number of thioether (sulfide) groups is 1. The average Bonchev–Trinajstić information content (AvgIpc) is 3.30. The van der Waals surface area contributed by atoms with Crippen molar-refractivity contribution < 1.29 is 28.9 Å². The molecule has 7 nitrogen and oxygen atoms in total. The van der Waals surface area contributed by atoms with Gasteiger partial charge in [0, 0.05) is 22.1 Å². The third-order valence-electron chi connectivity index (χ3n) is 7.79. The number of hydrogen-bond acceptors (Lipinski definition) is 7. The highest BCUT2D eigenvalue weighted by Gasteiger charge is 2.40. The number of carbonyl (C=O) groups excluding carboxylic acids is 2. The van der Waals surface area contributed by atoms with Crippen LogP contribution in [0.15, 0.2) is 102 Å². The van der Waals surface area contributed by atoms with Gasteiger partial charge in [0.15, 0.2) is 6.29 Å². The van der Waals surface area contributed by atoms with Crippen molar-refractivity contribution >= 4 is 29.3 Å². The Bertz CT molecular complexity index is 1570. The summed E-state index contributed by atoms with van der Waals surface area (Å²) in [4.78, 5) is 28.6. The van der Waals surface area contributed by atoms with Gasteiger partial charge in [-0.05, 0) is 47.5 Å². The lowest BCUT2D eigenvalue weighted by molar-refractivity contribution is -0.268. The number of fused-ring (bicyclic) bond motifs is 1. The Morgan fingerprint density at radius 3 is 2.21 bits per heavy atom. The van der Waals surface area contributed by atoms with E-state index in [4.69, 9.17) is 14.2 Å². The molecular weight excluding hydrogens is 550 g/mol. The molecule has 0 radical (unpaired) electrons. The molecule has 4 aromatic carbocycles. The number of methoxy groups -OCH3 is 1. The van der Waals surface area contributed by atoms with Gasteiger partial charge in [0.05, 0.1) is 42.7 Å². The Morgan fingerprint density at radius 2 is 1.52 bits per heavy atom. The lowest BCUT2D eigenvalue weighted by Gasteiger charge is -2.41. The fourth-order valence-electron chi connectivity index (χ4n) is 5.45. The standard InChI is InChI=1S/C34H31NO6S/c1-21-29(20-42-30-13-6-5-12-28(30)39-2)40-34(41-31(21)23-16-14-22(19-36)15-17-23)24-8-7-9-25(18-24)35-32(37)26-10-3-4-11-27(26)33(35)38/h3-18,21,29,31,34,36H,19-20H2,1-2H3. The van der Waals surface area contributed by atoms with E-state index in [1.54, 1.807) is 55.3 Å². The number of ether oxygens (including phenoxy) is 3. The van der Waals surface area contributed by atoms with Crippen LogP contribution >= 0.6 is 11.8 Å². The van der Waals surface area contributed by atoms with E-state index in [9.17, 15) is 14.7 Å². The molecule has 1 fully saturated rings. The van der Waals surface area contributed by atoms with Crippen molar-refractivity contribution in [1.82, 2.24) is 0 Å². The van der Waals surface area contributed by atoms with E-state index >= 15 is 0 Å². The number of aliphatic hydroxyl groups excluding tert-OH is 1. The van der Waals surface area contributed by atoms with Crippen molar-refractivity contribution in [2.24, 2.45) is 5.92 Å². The van der Waals surface area contributed by atoms with Gasteiger partial charge in [0.2, 0.25) is 0 Å². The monoisotopic (exact) mass is 581 g/mol. The van der Waals surface area contributed by atoms with Crippen molar-refractivity contribution in [3.05, 3.63) is 125 Å². The van der Waals surface area contributed by atoms with E-state index in [0.29, 0.717) is 28.1 Å². The number of para-hydroxylation sites is 1. The third-order valence-corrected chi connectivity index (χ3v) is 8.93. The zero-order valence-electron chi connectivity index (χ0n) is 23.3. The summed E-state index contributed by atoms with van der Waals surface area (Å²) in [6, 6.07) is 29.7. The first-order valence-corrected chi connectivity index (χ1v) is 14.8. The van der Waals surface area contributed by atoms with Crippen LogP contribution in [0, 0.1) is 5.92 Å². The molecule has 6 rings (SSSR count). The van der Waals surface area contributed by atoms with E-state index < -0.39 is 6.29 Å². The van der Waals surface area contributed by atoms with Gasteiger partial charge in [-0.3, -0.25) is 9.59 Å². The zero-order valence-corrected chi connectivity index (χ0v) is 24.1. The maximum Gasteiger partial charge on any atom is 0.266 e. The number of rotatable bonds is 8. The van der Waals surface area contributed by atoms with Gasteiger partial charge in [-0.25, -0.2) is 4.90 Å². The van der Waals surface area contributed by atoms with Gasteiger partial charge >= 0.3 is 0 Å². The Morgan fingerprint density at radius 1 is 0.833 bits per heavy atom. The zero-order chi connectivity index (χ0) is 29.2. The minimum Gasteiger partial charge on any atom is -0.496 e. The summed E-state index contributed by atoms with van der Waals surface area (Å²) in [7, 11) is 1.66. The Hall–Kier alpha value is -3.95. The molecule has 4 aromatic rings. The molecule has 2 aliphatic rings. The van der Waals surface area contributed by atoms with Crippen LogP contribution in [-0.4, -0.2) is 35.9 Å². The Balaban J connectivity index is 1.30. The number of benzene rings is 4. The van der Waals surface area contributed by atoms with Crippen LogP contribution in [0.5, 0.6) is 5.75 Å². The molecule has 0 bridgehead atoms. The van der Waals surface area contributed by atoms with Gasteiger partial charge in [-0.2, -0.15) is 0 Å². The SMILES string of the molecule is COc1ccccc1SCC1OC(c2cccc(N3C(=O)c4ccccc4C3=O)c2)OC(c2ccc(CO)cc2)C1C. The largest absolute Gasteiger partial charge is 0.496 e. The van der Waals surface area contributed by atoms with Crippen LogP contribution in [0.3, 0.4) is 0 Å². The van der Waals surface area contributed by atoms with Gasteiger partial charge < -0.3 is 19.3 Å². The highest BCUT2D eigenvalue weighted by Crippen LogP contribution is 2.44. The smallest absolute Gasteiger partial charge is 0.266 e. The summed E-state index contributed by atoms with van der Waals surface area (Å²) >= 11 is 1.66. The highest BCUT2D eigenvalue weighted by molar-refractivity contribution is 7.99. The predicted molar refractivity (Wildman–Crippen MR) is 161 cm³/mol. The van der Waals surface area contributed by atoms with Gasteiger partial charge in [-0.15, -0.1) is 11.8 Å². The van der Waals surface area contributed by atoms with Crippen molar-refractivity contribution in [2.75, 3.05) is 17.8 Å². The number of hydrogen-bond donors (Lipinski definition) is 1. The maximum absolute atomic E-state index is 13.2. The first-order chi connectivity index (χ1) is 20.5. The summed E-state index contributed by atoms with van der Waals surface area (Å²) in [5.74, 6) is 0.774. The van der Waals surface area contributed by atoms with E-state index in [1.165, 1.54) is 4.90 Å². The summed E-state index contributed by atoms with van der Waals surface area (Å²) in [6.07, 6.45) is -1.21. The van der Waals surface area contributed by atoms with Crippen molar-refractivity contribution in [2.45, 2.75) is 36.9 Å². The van der Waals surface area contributed by atoms with Crippen molar-refractivity contribution in [1.29, 1.82) is 0 Å². The quantitative estimate of drug-likeness (QED) is 0.186. The van der Waals surface area contributed by atoms with E-state index in [0.717, 1.165) is 21.8 Å². The third kappa shape index (κ3) is 5.34. The molecule has 1 saturated heterocycles. The second-order valence-corrected chi connectivity index (χ2v) is 11.4. The molecule has 214 valence electrons. The van der Waals surface area contributed by atoms with Crippen LogP contribution in [0.2, 0.25) is 0 Å². The minimum absolute atomic E-state index is 0.00264. The predicted octanol–water partition coefficient (Wildman–Crippen LogP) is 6.57. The maximum atomic E-state index is 13.2. The lowest BCUT2D eigenvalue weighted by atomic mass is 9.91. The van der Waals surface area contributed by atoms with E-state index in [2.05, 4.69) is 6.92 Å². The number of amides is 2. The van der Waals surface area contributed by atoms with Crippen LogP contribution in [-0.2, 0) is 16.1 Å². The Kier molecular flexibility index (Phi) is 8.13. The Labute approximate surface area is 249 Å². The summed E-state index contributed by atoms with van der Waals surface area (Å²) in [5, 5.41) is 9.54. The molecule has 2 amide bonds. The molecule has 1 N–H and O–H groups in total. The first-order valence-electron chi connectivity index (χ1n) is 13.8. The lowest BCUT2D eigenvalue weighted by Crippen LogP contribution is -2.38. The number of nitrogens with zero attached hydrogens (tertiary/aromatic N) is 1. The second kappa shape index (κ2) is 12.1. The minimum atomic E-state index is -0.734. The van der Waals surface area contributed by atoms with Crippen LogP contribution in [0.1, 0.15) is 56.7 Å². The molecule has 8 heteroatoms. The molecule has 4 unspecified atom stereocenters. The fraction of sp³-hybridized carbons (Fsp3) is 0.235. The van der Waals surface area contributed by atoms with Crippen LogP contribution in [0.4, 0.5) is 5.69 Å². The molecule has 2 aliphatic heterocycles. The number of aliphatic hydroxyl groups is 1. The molecule has 2 heterocycles. The molecule has 0 aromatic heterocycles. The number of imide groups is 1. The normalized spacial score (nSPS) is 21.8. The molecule has 0 saturated carbocycles. The second-order valence-electron chi connectivity index (χ2n) is 10.4. The number of anilines is 1. The summed E-state index contributed by atoms with van der Waals surface area (Å²) in [5.41, 5.74) is 3.77. The van der Waals surface area contributed by atoms with Crippen molar-refractivity contribution in [3.63, 3.8) is 0 Å². The fourth-order valence-corrected chi connectivity index (χ4v) is 6.65. The van der Waals surface area contributed by atoms with Crippen molar-refractivity contribution in [3.8, 4) is 5.75 Å². The van der Waals surface area contributed by atoms with Gasteiger partial charge in [0.1, 0.15) is 5.75 Å².